The molecule has 0 rings (SSSR count). The molecular formula is C18H34O2. The van der Waals surface area contributed by atoms with Crippen LogP contribution < -0.4 is 0 Å². The number of carbonyl (C=O) groups is 1. The molecule has 0 aliphatic carbocycles. The summed E-state index contributed by atoms with van der Waals surface area (Å²) in [6.07, 6.45) is 21.3. The third-order valence-corrected chi connectivity index (χ3v) is 3.65. The van der Waals surface area contributed by atoms with Crippen LogP contribution in [0.5, 0.6) is 0 Å². The van der Waals surface area contributed by atoms with Crippen molar-refractivity contribution in [3.05, 3.63) is 12.2 Å². The van der Waals surface area contributed by atoms with Crippen molar-refractivity contribution in [2.24, 2.45) is 0 Å². The van der Waals surface area contributed by atoms with E-state index in [0.717, 1.165) is 19.3 Å². The zero-order valence-electron chi connectivity index (χ0n) is 13.4. The van der Waals surface area contributed by atoms with Crippen LogP contribution in [0.1, 0.15) is 96.8 Å². The molecule has 2 nitrogen and oxygen atoms in total. The third kappa shape index (κ3) is 17.2. The second kappa shape index (κ2) is 16.3. The molecule has 0 unspecified atom stereocenters. The molecule has 0 aromatic rings. The Balaban J connectivity index is 3.06. The van der Waals surface area contributed by atoms with Crippen LogP contribution in [0.4, 0.5) is 0 Å². The maximum atomic E-state index is 10.3. The Morgan fingerprint density at radius 3 is 1.70 bits per heavy atom. The van der Waals surface area contributed by atoms with Gasteiger partial charge in [-0.15, -0.1) is 0 Å². The van der Waals surface area contributed by atoms with Gasteiger partial charge in [-0.2, -0.15) is 0 Å². The van der Waals surface area contributed by atoms with Gasteiger partial charge in [-0.3, -0.25) is 4.79 Å². The van der Waals surface area contributed by atoms with Gasteiger partial charge in [0.2, 0.25) is 0 Å². The summed E-state index contributed by atoms with van der Waals surface area (Å²) in [5, 5.41) is 8.50. The Labute approximate surface area is 125 Å². The molecule has 0 saturated carbocycles. The van der Waals surface area contributed by atoms with Crippen molar-refractivity contribution in [3.63, 3.8) is 0 Å². The molecule has 0 aromatic heterocycles. The highest BCUT2D eigenvalue weighted by Crippen LogP contribution is 2.11. The molecule has 0 fully saturated rings. The highest BCUT2D eigenvalue weighted by atomic mass is 16.5. The van der Waals surface area contributed by atoms with E-state index >= 15 is 0 Å². The number of hydrogen-bond acceptors (Lipinski definition) is 1. The van der Waals surface area contributed by atoms with E-state index in [2.05, 4.69) is 19.1 Å². The van der Waals surface area contributed by atoms with Crippen LogP contribution in [0.25, 0.3) is 0 Å². The van der Waals surface area contributed by atoms with E-state index in [4.69, 9.17) is 5.11 Å². The molecule has 0 saturated heterocycles. The second-order valence-electron chi connectivity index (χ2n) is 5.73. The van der Waals surface area contributed by atoms with Gasteiger partial charge in [-0.05, 0) is 32.1 Å². The Hall–Kier alpha value is -0.790. The number of hydrogen-bond donors (Lipinski definition) is 1. The predicted molar refractivity (Wildman–Crippen MR) is 87.1 cm³/mol. The van der Waals surface area contributed by atoms with Gasteiger partial charge in [0, 0.05) is 6.42 Å². The van der Waals surface area contributed by atoms with Gasteiger partial charge >= 0.3 is 5.97 Å². The molecule has 0 heterocycles. The summed E-state index contributed by atoms with van der Waals surface area (Å²) in [6, 6.07) is 0. The zero-order chi connectivity index (χ0) is 14.9. The first-order valence-corrected chi connectivity index (χ1v) is 8.64. The summed E-state index contributed by atoms with van der Waals surface area (Å²) in [6.45, 7) is 2.26. The fraction of sp³-hybridized carbons (Fsp3) is 0.833. The van der Waals surface area contributed by atoms with E-state index in [1.807, 2.05) is 0 Å². The highest BCUT2D eigenvalue weighted by Gasteiger charge is 1.94. The minimum atomic E-state index is -0.677. The Morgan fingerprint density at radius 1 is 0.750 bits per heavy atom. The third-order valence-electron chi connectivity index (χ3n) is 3.65. The average molecular weight is 287 g/mol. The van der Waals surface area contributed by atoms with Crippen LogP contribution in [0.2, 0.25) is 0 Å². The molecule has 0 spiro atoms. The lowest BCUT2D eigenvalue weighted by Crippen LogP contribution is -1.92. The number of unbranched alkanes of at least 4 members (excludes halogenated alkanes) is 11. The van der Waals surface area contributed by atoms with Crippen LogP contribution in [0.15, 0.2) is 12.2 Å². The van der Waals surface area contributed by atoms with E-state index in [9.17, 15) is 4.79 Å². The largest absolute Gasteiger partial charge is 0.481 e. The van der Waals surface area contributed by atoms with Crippen molar-refractivity contribution in [3.8, 4) is 0 Å². The molecule has 20 heavy (non-hydrogen) atoms. The van der Waals surface area contributed by atoms with Gasteiger partial charge < -0.3 is 5.11 Å². The SMILES string of the molecule is CCCCCCCCCCC/C=C/[13CH2][13CH2][13CH2][13CH2][13C](=O)O. The van der Waals surface area contributed by atoms with Gasteiger partial charge in [0.15, 0.2) is 0 Å². The minimum Gasteiger partial charge on any atom is -0.481 e. The number of carboxylic acids is 1. The van der Waals surface area contributed by atoms with E-state index in [1.54, 1.807) is 0 Å². The molecule has 0 bridgehead atoms. The van der Waals surface area contributed by atoms with E-state index in [1.165, 1.54) is 64.2 Å². The lowest BCUT2D eigenvalue weighted by molar-refractivity contribution is -0.137. The van der Waals surface area contributed by atoms with Crippen LogP contribution in [-0.4, -0.2) is 11.1 Å². The van der Waals surface area contributed by atoms with Crippen molar-refractivity contribution in [1.29, 1.82) is 0 Å². The summed E-state index contributed by atoms with van der Waals surface area (Å²) in [5.41, 5.74) is 0. The van der Waals surface area contributed by atoms with Crippen molar-refractivity contribution >= 4 is 5.97 Å². The van der Waals surface area contributed by atoms with Crippen molar-refractivity contribution in [1.82, 2.24) is 0 Å². The first kappa shape index (κ1) is 19.2. The van der Waals surface area contributed by atoms with Gasteiger partial charge in [-0.25, -0.2) is 0 Å². The summed E-state index contributed by atoms with van der Waals surface area (Å²) >= 11 is 0. The number of carboxylic acid groups (broad SMARTS) is 1. The molecule has 0 aliphatic heterocycles. The summed E-state index contributed by atoms with van der Waals surface area (Å²) < 4.78 is 0. The fourth-order valence-electron chi connectivity index (χ4n) is 2.35. The first-order chi connectivity index (χ1) is 9.77. The standard InChI is InChI=1S/C18H34O2/c1-2-3-4-5-6-7-8-9-10-11-12-13-14-15-16-17-18(19)20/h12-13H,2-11,14-17H2,1H3,(H,19,20)/b13-12+/i14+1,15+1,16+1,17+1,18+1. The molecule has 0 aromatic carbocycles. The topological polar surface area (TPSA) is 37.3 Å². The van der Waals surface area contributed by atoms with Crippen LogP contribution in [-0.2, 0) is 4.79 Å². The maximum Gasteiger partial charge on any atom is 0.303 e. The maximum absolute atomic E-state index is 10.3. The van der Waals surface area contributed by atoms with Crippen molar-refractivity contribution in [2.45, 2.75) is 96.8 Å². The Bertz CT molecular complexity index is 234. The molecule has 0 radical (unpaired) electrons. The molecule has 0 amide bonds. The van der Waals surface area contributed by atoms with E-state index in [0.29, 0.717) is 6.42 Å². The number of rotatable bonds is 15. The zero-order valence-corrected chi connectivity index (χ0v) is 13.4. The van der Waals surface area contributed by atoms with Crippen LogP contribution >= 0.6 is 0 Å². The molecule has 2 heteroatoms. The first-order valence-electron chi connectivity index (χ1n) is 8.64. The minimum absolute atomic E-state index is 0.312. The molecule has 118 valence electrons. The number of allylic oxidation sites excluding steroid dienone is 2. The Kier molecular flexibility index (Phi) is 15.6. The van der Waals surface area contributed by atoms with Crippen LogP contribution in [0.3, 0.4) is 0 Å². The monoisotopic (exact) mass is 287 g/mol. The van der Waals surface area contributed by atoms with Gasteiger partial charge in [-0.1, -0.05) is 70.4 Å². The van der Waals surface area contributed by atoms with Crippen molar-refractivity contribution < 1.29 is 9.90 Å². The fourth-order valence-corrected chi connectivity index (χ4v) is 2.35. The number of aliphatic carboxylic acids is 1. The van der Waals surface area contributed by atoms with E-state index in [-0.39, 0.29) is 0 Å². The molecule has 1 N–H and O–H groups in total. The van der Waals surface area contributed by atoms with Crippen LogP contribution in [0, 0.1) is 0 Å². The summed E-state index contributed by atoms with van der Waals surface area (Å²) in [4.78, 5) is 10.3. The van der Waals surface area contributed by atoms with Gasteiger partial charge in [0.25, 0.3) is 0 Å². The van der Waals surface area contributed by atoms with Crippen molar-refractivity contribution in [2.75, 3.05) is 0 Å². The average Bonchev–Trinajstić information content (AvgIpc) is 2.43. The lowest BCUT2D eigenvalue weighted by atomic mass is 10.1. The van der Waals surface area contributed by atoms with Gasteiger partial charge in [0.1, 0.15) is 0 Å². The second-order valence-corrected chi connectivity index (χ2v) is 5.73. The molecular weight excluding hydrogens is 253 g/mol. The van der Waals surface area contributed by atoms with E-state index < -0.39 is 5.97 Å². The Morgan fingerprint density at radius 2 is 1.20 bits per heavy atom. The summed E-state index contributed by atoms with van der Waals surface area (Å²) in [5.74, 6) is -0.677. The summed E-state index contributed by atoms with van der Waals surface area (Å²) in [7, 11) is 0. The normalized spacial score (nSPS) is 11.2. The quantitative estimate of drug-likeness (QED) is 0.224. The van der Waals surface area contributed by atoms with Gasteiger partial charge in [0.05, 0.1) is 0 Å². The molecule has 0 aliphatic rings. The highest BCUT2D eigenvalue weighted by molar-refractivity contribution is 5.66. The predicted octanol–water partition coefficient (Wildman–Crippen LogP) is 6.11. The molecule has 0 atom stereocenters. The smallest absolute Gasteiger partial charge is 0.303 e. The lowest BCUT2D eigenvalue weighted by Gasteiger charge is -2.00.